The summed E-state index contributed by atoms with van der Waals surface area (Å²) in [5, 5.41) is 0. The van der Waals surface area contributed by atoms with Gasteiger partial charge in [0.2, 0.25) is 13.3 Å². The quantitative estimate of drug-likeness (QED) is 0.108. The van der Waals surface area contributed by atoms with E-state index in [1.54, 1.807) is 11.9 Å². The van der Waals surface area contributed by atoms with Gasteiger partial charge in [0.15, 0.2) is 0 Å². The number of carbonyl (C=O) groups excluding carboxylic acids is 1. The summed E-state index contributed by atoms with van der Waals surface area (Å²) >= 11 is 0. The second-order valence-electron chi connectivity index (χ2n) is 16.2. The SMILES string of the molecule is [B][B]O[C@@H]1CCC(N(C)CCCOc2ccc3c(c2)CCC2C3CC[C@@]3(C)C2CC[C@@H]3N(C)C(=O)CN(C)CCOC(C(F)(F)F)(C(F)(F)F)C(F)(F)F)C1. The molecule has 1 aromatic rings. The zero-order chi connectivity index (χ0) is 40.6. The highest BCUT2D eigenvalue weighted by Gasteiger charge is 2.85. The van der Waals surface area contributed by atoms with Crippen LogP contribution in [0.25, 0.3) is 0 Å². The van der Waals surface area contributed by atoms with E-state index in [1.165, 1.54) is 25.5 Å². The number of ether oxygens (including phenoxy) is 2. The van der Waals surface area contributed by atoms with E-state index in [0.29, 0.717) is 30.4 Å². The molecule has 18 heteroatoms. The van der Waals surface area contributed by atoms with E-state index in [4.69, 9.17) is 17.1 Å². The molecule has 4 aliphatic rings. The van der Waals surface area contributed by atoms with Crippen molar-refractivity contribution in [1.29, 1.82) is 0 Å². The number of halogens is 9. The highest BCUT2D eigenvalue weighted by atomic mass is 19.4. The molecule has 3 radical (unpaired) electrons. The Balaban J connectivity index is 1.12. The number of amides is 1. The monoisotopic (exact) mass is 794 g/mol. The minimum Gasteiger partial charge on any atom is -0.494 e. The van der Waals surface area contributed by atoms with Crippen molar-refractivity contribution in [3.8, 4) is 5.75 Å². The summed E-state index contributed by atoms with van der Waals surface area (Å²) in [4.78, 5) is 18.4. The Hall–Kier alpha value is -2.17. The zero-order valence-electron chi connectivity index (χ0n) is 31.8. The highest BCUT2D eigenvalue weighted by molar-refractivity contribution is 6.85. The molecular formula is C37H51B2F9N3O4. The summed E-state index contributed by atoms with van der Waals surface area (Å²) in [5.74, 6) is 1.58. The van der Waals surface area contributed by atoms with Crippen LogP contribution in [0.15, 0.2) is 18.2 Å². The Kier molecular flexibility index (Phi) is 13.6. The van der Waals surface area contributed by atoms with Crippen LogP contribution >= 0.6 is 0 Å². The molecule has 3 fully saturated rings. The average Bonchev–Trinajstić information content (AvgIpc) is 3.70. The molecule has 1 amide bonds. The van der Waals surface area contributed by atoms with E-state index in [9.17, 15) is 44.3 Å². The summed E-state index contributed by atoms with van der Waals surface area (Å²) < 4.78 is 134. The third-order valence-corrected chi connectivity index (χ3v) is 13.1. The lowest BCUT2D eigenvalue weighted by Crippen LogP contribution is -2.68. The Morgan fingerprint density at radius 2 is 1.60 bits per heavy atom. The maximum Gasteiger partial charge on any atom is 0.435 e. The number of hydrogen-bond donors (Lipinski definition) is 0. The van der Waals surface area contributed by atoms with Crippen molar-refractivity contribution < 1.29 is 58.4 Å². The van der Waals surface area contributed by atoms with Gasteiger partial charge in [-0.3, -0.25) is 9.69 Å². The third kappa shape index (κ3) is 8.96. The average molecular weight is 794 g/mol. The molecule has 0 bridgehead atoms. The van der Waals surface area contributed by atoms with Crippen molar-refractivity contribution in [2.24, 2.45) is 17.3 Å². The van der Waals surface area contributed by atoms with Crippen LogP contribution in [0.2, 0.25) is 0 Å². The van der Waals surface area contributed by atoms with Crippen LogP contribution in [0.5, 0.6) is 5.75 Å². The van der Waals surface area contributed by atoms with E-state index in [2.05, 4.69) is 41.8 Å². The molecule has 4 unspecified atom stereocenters. The Morgan fingerprint density at radius 1 is 0.909 bits per heavy atom. The molecule has 0 aliphatic heterocycles. The number of rotatable bonds is 15. The Bertz CT molecular complexity index is 1430. The van der Waals surface area contributed by atoms with Gasteiger partial charge < -0.3 is 23.9 Å². The van der Waals surface area contributed by atoms with Gasteiger partial charge in [0.05, 0.1) is 27.5 Å². The van der Waals surface area contributed by atoms with Crippen LogP contribution in [-0.4, -0.2) is 132 Å². The minimum atomic E-state index is -6.80. The second kappa shape index (κ2) is 17.0. The van der Waals surface area contributed by atoms with Crippen molar-refractivity contribution in [2.75, 3.05) is 54.0 Å². The number of aryl methyl sites for hydroxylation is 1. The number of hydrogen-bond acceptors (Lipinski definition) is 6. The van der Waals surface area contributed by atoms with E-state index in [1.807, 2.05) is 0 Å². The van der Waals surface area contributed by atoms with Gasteiger partial charge in [0, 0.05) is 38.3 Å². The van der Waals surface area contributed by atoms with Crippen molar-refractivity contribution in [2.45, 2.75) is 119 Å². The van der Waals surface area contributed by atoms with E-state index in [0.717, 1.165) is 81.4 Å². The molecule has 0 heterocycles. The van der Waals surface area contributed by atoms with Crippen molar-refractivity contribution in [3.63, 3.8) is 0 Å². The molecule has 0 N–H and O–H groups in total. The summed E-state index contributed by atoms with van der Waals surface area (Å²) in [5.41, 5.74) is -3.89. The standard InChI is InChI=1S/C37H51B2F9N3O4/c1-33-15-14-28-27-11-9-25(53-18-5-16-50(3)24-7-8-26(21-24)55-39-38)20-23(27)6-10-29(28)30(33)12-13-31(33)51(4)32(52)22-49(2)17-19-54-34(35(40,41)42,36(43,44)45)37(46,47)48/h9,11,20,24,26,28-31H,5-8,10,12-19,21-22H2,1-4H3/t24?,26-,28?,29?,30?,31+,33+/m1/s1. The number of alkyl halides is 9. The van der Waals surface area contributed by atoms with Gasteiger partial charge in [0.1, 0.15) is 5.75 Å². The number of benzene rings is 1. The molecule has 7 atom stereocenters. The lowest BCUT2D eigenvalue weighted by atomic mass is 9.55. The first-order valence-corrected chi connectivity index (χ1v) is 19.1. The molecule has 0 aromatic heterocycles. The summed E-state index contributed by atoms with van der Waals surface area (Å²) in [6, 6.07) is 6.76. The number of likely N-dealkylation sites (N-methyl/N-ethyl adjacent to an activating group) is 2. The first-order chi connectivity index (χ1) is 25.6. The molecule has 0 saturated heterocycles. The molecule has 4 aliphatic carbocycles. The topological polar surface area (TPSA) is 54.5 Å². The van der Waals surface area contributed by atoms with E-state index < -0.39 is 49.7 Å². The second-order valence-corrected chi connectivity index (χ2v) is 16.2. The van der Waals surface area contributed by atoms with Crippen LogP contribution in [0.3, 0.4) is 0 Å². The van der Waals surface area contributed by atoms with Crippen LogP contribution in [0.1, 0.15) is 81.8 Å². The molecule has 7 nitrogen and oxygen atoms in total. The molecule has 0 spiro atoms. The maximum atomic E-state index is 13.4. The minimum absolute atomic E-state index is 0.145. The van der Waals surface area contributed by atoms with Crippen molar-refractivity contribution in [3.05, 3.63) is 29.3 Å². The van der Waals surface area contributed by atoms with E-state index >= 15 is 0 Å². The fourth-order valence-corrected chi connectivity index (χ4v) is 10.2. The lowest BCUT2D eigenvalue weighted by Gasteiger charge is -2.52. The first kappa shape index (κ1) is 43.9. The smallest absolute Gasteiger partial charge is 0.435 e. The number of fused-ring (bicyclic) bond motifs is 5. The maximum absolute atomic E-state index is 13.4. The fourth-order valence-electron chi connectivity index (χ4n) is 10.2. The molecule has 55 heavy (non-hydrogen) atoms. The van der Waals surface area contributed by atoms with Gasteiger partial charge in [-0.2, -0.15) is 39.5 Å². The van der Waals surface area contributed by atoms with Gasteiger partial charge in [-0.25, -0.2) is 0 Å². The van der Waals surface area contributed by atoms with E-state index in [-0.39, 0.29) is 17.6 Å². The molecular weight excluding hydrogens is 743 g/mol. The predicted molar refractivity (Wildman–Crippen MR) is 189 cm³/mol. The molecule has 3 saturated carbocycles. The van der Waals surface area contributed by atoms with Crippen molar-refractivity contribution >= 4 is 21.0 Å². The van der Waals surface area contributed by atoms with Gasteiger partial charge in [-0.1, -0.05) is 13.0 Å². The number of carbonyl (C=O) groups is 1. The molecule has 307 valence electrons. The first-order valence-electron chi connectivity index (χ1n) is 19.1. The molecule has 5 rings (SSSR count). The summed E-state index contributed by atoms with van der Waals surface area (Å²) in [6.07, 6.45) is -10.9. The van der Waals surface area contributed by atoms with Gasteiger partial charge in [-0.05, 0) is 125 Å². The van der Waals surface area contributed by atoms with Crippen molar-refractivity contribution in [1.82, 2.24) is 14.7 Å². The highest BCUT2D eigenvalue weighted by Crippen LogP contribution is 2.62. The largest absolute Gasteiger partial charge is 0.494 e. The van der Waals surface area contributed by atoms with Crippen LogP contribution < -0.4 is 4.74 Å². The zero-order valence-corrected chi connectivity index (χ0v) is 31.8. The summed E-state index contributed by atoms with van der Waals surface area (Å²) in [7, 11) is 11.7. The van der Waals surface area contributed by atoms with Gasteiger partial charge in [-0.15, -0.1) is 0 Å². The third-order valence-electron chi connectivity index (χ3n) is 13.1. The fraction of sp³-hybridized carbons (Fsp3) is 0.811. The summed E-state index contributed by atoms with van der Waals surface area (Å²) in [6.45, 7) is 0.989. The van der Waals surface area contributed by atoms with Gasteiger partial charge in [0.25, 0.3) is 0 Å². The van der Waals surface area contributed by atoms with Crippen LogP contribution in [-0.2, 0) is 20.6 Å². The normalized spacial score (nSPS) is 28.6. The molecule has 1 aromatic carbocycles. The Labute approximate surface area is 319 Å². The van der Waals surface area contributed by atoms with Gasteiger partial charge >= 0.3 is 24.1 Å². The Morgan fingerprint density at radius 3 is 2.25 bits per heavy atom. The van der Waals surface area contributed by atoms with Crippen LogP contribution in [0.4, 0.5) is 39.5 Å². The van der Waals surface area contributed by atoms with Crippen LogP contribution in [0, 0.1) is 17.3 Å². The number of nitrogens with zero attached hydrogens (tertiary/aromatic N) is 3. The lowest BCUT2D eigenvalue weighted by molar-refractivity contribution is -0.457. The predicted octanol–water partition coefficient (Wildman–Crippen LogP) is 7.08.